The van der Waals surface area contributed by atoms with Gasteiger partial charge in [0.2, 0.25) is 0 Å². The van der Waals surface area contributed by atoms with Gasteiger partial charge in [0.15, 0.2) is 6.10 Å². The predicted molar refractivity (Wildman–Crippen MR) is 99.9 cm³/mol. The summed E-state index contributed by atoms with van der Waals surface area (Å²) in [4.78, 5) is 34.8. The minimum absolute atomic E-state index is 0.0126. The number of nitro groups is 1. The largest absolute Gasteiger partial charge is 0.449 e. The van der Waals surface area contributed by atoms with Gasteiger partial charge in [-0.25, -0.2) is 4.79 Å². The van der Waals surface area contributed by atoms with Gasteiger partial charge >= 0.3 is 11.7 Å². The molecule has 0 spiro atoms. The van der Waals surface area contributed by atoms with Crippen molar-refractivity contribution in [2.45, 2.75) is 52.3 Å². The molecule has 1 atom stereocenters. The summed E-state index contributed by atoms with van der Waals surface area (Å²) in [5.74, 6) is -0.870. The molecule has 1 fully saturated rings. The first-order valence-electron chi connectivity index (χ1n) is 9.05. The third-order valence-electron chi connectivity index (χ3n) is 4.62. The molecule has 0 bridgehead atoms. The fourth-order valence-corrected chi connectivity index (χ4v) is 2.85. The lowest BCUT2D eigenvalue weighted by Crippen LogP contribution is -2.37. The van der Waals surface area contributed by atoms with Crippen molar-refractivity contribution in [1.82, 2.24) is 15.1 Å². The van der Waals surface area contributed by atoms with Gasteiger partial charge in [-0.05, 0) is 51.3 Å². The van der Waals surface area contributed by atoms with Crippen molar-refractivity contribution < 1.29 is 19.2 Å². The molecule has 1 aliphatic rings. The summed E-state index contributed by atoms with van der Waals surface area (Å²) in [5.41, 5.74) is 2.01. The van der Waals surface area contributed by atoms with Crippen molar-refractivity contribution >= 4 is 17.6 Å². The van der Waals surface area contributed by atoms with Gasteiger partial charge in [-0.2, -0.15) is 5.10 Å². The molecule has 2 aromatic rings. The van der Waals surface area contributed by atoms with E-state index in [9.17, 15) is 19.7 Å². The minimum Gasteiger partial charge on any atom is -0.449 e. The zero-order chi connectivity index (χ0) is 20.4. The van der Waals surface area contributed by atoms with Crippen LogP contribution in [0, 0.1) is 24.0 Å². The highest BCUT2D eigenvalue weighted by Crippen LogP contribution is 2.23. The van der Waals surface area contributed by atoms with E-state index in [0.717, 1.165) is 18.4 Å². The van der Waals surface area contributed by atoms with Crippen LogP contribution in [0.1, 0.15) is 47.1 Å². The van der Waals surface area contributed by atoms with Crippen LogP contribution in [0.4, 0.5) is 5.69 Å². The van der Waals surface area contributed by atoms with Crippen molar-refractivity contribution in [3.05, 3.63) is 56.9 Å². The van der Waals surface area contributed by atoms with Gasteiger partial charge in [0.05, 0.1) is 17.0 Å². The van der Waals surface area contributed by atoms with Crippen LogP contribution in [0.2, 0.25) is 0 Å². The van der Waals surface area contributed by atoms with Crippen LogP contribution < -0.4 is 5.32 Å². The number of rotatable bonds is 7. The molecule has 1 N–H and O–H groups in total. The molecular formula is C19H22N4O5. The van der Waals surface area contributed by atoms with Gasteiger partial charge in [0.25, 0.3) is 5.91 Å². The summed E-state index contributed by atoms with van der Waals surface area (Å²) in [6.45, 7) is 5.13. The zero-order valence-electron chi connectivity index (χ0n) is 16.0. The average Bonchev–Trinajstić information content (AvgIpc) is 3.40. The van der Waals surface area contributed by atoms with E-state index in [1.807, 2.05) is 0 Å². The van der Waals surface area contributed by atoms with Gasteiger partial charge in [-0.15, -0.1) is 0 Å². The molecule has 0 radical (unpaired) electrons. The van der Waals surface area contributed by atoms with Crippen LogP contribution in [0.3, 0.4) is 0 Å². The highest BCUT2D eigenvalue weighted by molar-refractivity contribution is 5.92. The first kappa shape index (κ1) is 19.5. The second-order valence-electron chi connectivity index (χ2n) is 6.96. The lowest BCUT2D eigenvalue weighted by atomic mass is 10.1. The molecule has 9 nitrogen and oxygen atoms in total. The molecule has 1 heterocycles. The van der Waals surface area contributed by atoms with Crippen molar-refractivity contribution in [2.75, 3.05) is 0 Å². The molecule has 0 aliphatic heterocycles. The summed E-state index contributed by atoms with van der Waals surface area (Å²) in [6.07, 6.45) is 1.07. The second kappa shape index (κ2) is 7.79. The Morgan fingerprint density at radius 2 is 1.96 bits per heavy atom. The topological polar surface area (TPSA) is 116 Å². The Bertz CT molecular complexity index is 915. The van der Waals surface area contributed by atoms with Crippen LogP contribution in [0.5, 0.6) is 0 Å². The van der Waals surface area contributed by atoms with Crippen LogP contribution >= 0.6 is 0 Å². The molecular weight excluding hydrogens is 364 g/mol. The number of carbonyl (C=O) groups is 2. The maximum atomic E-state index is 12.2. The number of hydrogen-bond acceptors (Lipinski definition) is 6. The monoisotopic (exact) mass is 386 g/mol. The number of aromatic nitrogens is 2. The molecule has 0 unspecified atom stereocenters. The first-order valence-corrected chi connectivity index (χ1v) is 9.05. The van der Waals surface area contributed by atoms with Crippen LogP contribution in [-0.4, -0.2) is 38.7 Å². The van der Waals surface area contributed by atoms with Crippen molar-refractivity contribution in [3.63, 3.8) is 0 Å². The lowest BCUT2D eigenvalue weighted by molar-refractivity contribution is -0.386. The predicted octanol–water partition coefficient (Wildman–Crippen LogP) is 2.28. The Balaban J connectivity index is 1.63. The number of hydrogen-bond donors (Lipinski definition) is 1. The molecule has 1 amide bonds. The van der Waals surface area contributed by atoms with E-state index >= 15 is 0 Å². The Hall–Kier alpha value is -3.23. The zero-order valence-corrected chi connectivity index (χ0v) is 16.0. The van der Waals surface area contributed by atoms with Gasteiger partial charge in [0, 0.05) is 6.04 Å². The van der Waals surface area contributed by atoms with Crippen LogP contribution in [0.15, 0.2) is 24.3 Å². The van der Waals surface area contributed by atoms with Gasteiger partial charge in [-0.3, -0.25) is 19.6 Å². The van der Waals surface area contributed by atoms with E-state index in [-0.39, 0.29) is 17.6 Å². The number of amides is 1. The van der Waals surface area contributed by atoms with Gasteiger partial charge < -0.3 is 10.1 Å². The number of aryl methyl sites for hydroxylation is 1. The van der Waals surface area contributed by atoms with E-state index in [4.69, 9.17) is 4.74 Å². The molecule has 1 aliphatic carbocycles. The highest BCUT2D eigenvalue weighted by atomic mass is 16.6. The number of esters is 1. The molecule has 1 aromatic carbocycles. The fourth-order valence-electron chi connectivity index (χ4n) is 2.85. The van der Waals surface area contributed by atoms with E-state index < -0.39 is 17.0 Å². The van der Waals surface area contributed by atoms with Gasteiger partial charge in [0.1, 0.15) is 11.4 Å². The first-order chi connectivity index (χ1) is 13.3. The van der Waals surface area contributed by atoms with E-state index in [2.05, 4.69) is 10.4 Å². The smallest absolute Gasteiger partial charge is 0.338 e. The maximum absolute atomic E-state index is 12.2. The maximum Gasteiger partial charge on any atom is 0.338 e. The molecule has 9 heteroatoms. The highest BCUT2D eigenvalue weighted by Gasteiger charge is 2.27. The molecule has 28 heavy (non-hydrogen) atoms. The van der Waals surface area contributed by atoms with Crippen molar-refractivity contribution in [1.29, 1.82) is 0 Å². The van der Waals surface area contributed by atoms with Crippen molar-refractivity contribution in [2.24, 2.45) is 0 Å². The average molecular weight is 386 g/mol. The SMILES string of the molecule is Cc1nn(Cc2ccc(C(=O)O[C@H](C)C(=O)NC3CC3)cc2)c(C)c1[N+](=O)[O-]. The molecule has 1 aromatic heterocycles. The number of carbonyl (C=O) groups excluding carboxylic acids is 2. The second-order valence-corrected chi connectivity index (χ2v) is 6.96. The lowest BCUT2D eigenvalue weighted by Gasteiger charge is -2.13. The van der Waals surface area contributed by atoms with Gasteiger partial charge in [-0.1, -0.05) is 12.1 Å². The number of nitrogens with zero attached hydrogens (tertiary/aromatic N) is 3. The molecule has 0 saturated heterocycles. The Kier molecular flexibility index (Phi) is 5.43. The standard InChI is InChI=1S/C19H22N4O5/c1-11-17(23(26)27)12(2)22(21-11)10-14-4-6-15(7-5-14)19(25)28-13(3)18(24)20-16-8-9-16/h4-7,13,16H,8-10H2,1-3H3,(H,20,24)/t13-/m1/s1. The minimum atomic E-state index is -0.858. The summed E-state index contributed by atoms with van der Waals surface area (Å²) in [7, 11) is 0. The van der Waals surface area contributed by atoms with E-state index in [1.54, 1.807) is 49.7 Å². The third kappa shape index (κ3) is 4.36. The normalized spacial score (nSPS) is 14.4. The van der Waals surface area contributed by atoms with E-state index in [1.165, 1.54) is 0 Å². The quantitative estimate of drug-likeness (QED) is 0.443. The molecule has 1 saturated carbocycles. The summed E-state index contributed by atoms with van der Waals surface area (Å²) >= 11 is 0. The van der Waals surface area contributed by atoms with E-state index in [0.29, 0.717) is 23.5 Å². The van der Waals surface area contributed by atoms with Crippen LogP contribution in [-0.2, 0) is 16.1 Å². The number of ether oxygens (including phenoxy) is 1. The van der Waals surface area contributed by atoms with Crippen LogP contribution in [0.25, 0.3) is 0 Å². The fraction of sp³-hybridized carbons (Fsp3) is 0.421. The van der Waals surface area contributed by atoms with Crippen molar-refractivity contribution in [3.8, 4) is 0 Å². The Labute approximate surface area is 161 Å². The number of nitrogens with one attached hydrogen (secondary N) is 1. The Morgan fingerprint density at radius 3 is 2.50 bits per heavy atom. The summed E-state index contributed by atoms with van der Waals surface area (Å²) in [6, 6.07) is 6.87. The molecule has 3 rings (SSSR count). The number of benzene rings is 1. The Morgan fingerprint density at radius 1 is 1.32 bits per heavy atom. The summed E-state index contributed by atoms with van der Waals surface area (Å²) in [5, 5.41) is 18.1. The summed E-state index contributed by atoms with van der Waals surface area (Å²) < 4.78 is 6.77. The third-order valence-corrected chi connectivity index (χ3v) is 4.62. The molecule has 148 valence electrons.